The lowest BCUT2D eigenvalue weighted by molar-refractivity contribution is -0.129. The lowest BCUT2D eigenvalue weighted by Gasteiger charge is -2.07. The molecule has 0 heterocycles. The Morgan fingerprint density at radius 3 is 2.67 bits per heavy atom. The standard InChI is InChI=1S/C11H10O4/c1-3-11(13)15-10-6-8(7-12)4-5-9(10)14-2/h3-7H,1H2,2H3. The Bertz CT molecular complexity index is 396. The summed E-state index contributed by atoms with van der Waals surface area (Å²) in [6.45, 7) is 3.27. The highest BCUT2D eigenvalue weighted by Crippen LogP contribution is 2.27. The Morgan fingerprint density at radius 2 is 2.13 bits per heavy atom. The second kappa shape index (κ2) is 4.95. The predicted molar refractivity (Wildman–Crippen MR) is 54.2 cm³/mol. The summed E-state index contributed by atoms with van der Waals surface area (Å²) in [4.78, 5) is 21.5. The average molecular weight is 206 g/mol. The van der Waals surface area contributed by atoms with Crippen LogP contribution >= 0.6 is 0 Å². The van der Waals surface area contributed by atoms with Crippen molar-refractivity contribution in [1.82, 2.24) is 0 Å². The van der Waals surface area contributed by atoms with Gasteiger partial charge in [-0.15, -0.1) is 0 Å². The minimum absolute atomic E-state index is 0.201. The number of rotatable bonds is 4. The van der Waals surface area contributed by atoms with Crippen molar-refractivity contribution in [3.63, 3.8) is 0 Å². The van der Waals surface area contributed by atoms with Crippen molar-refractivity contribution in [2.45, 2.75) is 0 Å². The van der Waals surface area contributed by atoms with Gasteiger partial charge >= 0.3 is 5.97 Å². The maximum atomic E-state index is 11.0. The van der Waals surface area contributed by atoms with Crippen molar-refractivity contribution in [1.29, 1.82) is 0 Å². The molecular formula is C11H10O4. The molecular weight excluding hydrogens is 196 g/mol. The van der Waals surface area contributed by atoms with Crippen molar-refractivity contribution >= 4 is 12.3 Å². The van der Waals surface area contributed by atoms with Crippen molar-refractivity contribution < 1.29 is 19.1 Å². The van der Waals surface area contributed by atoms with Gasteiger partial charge in [0.25, 0.3) is 0 Å². The molecule has 0 N–H and O–H groups in total. The molecule has 0 saturated heterocycles. The number of benzene rings is 1. The second-order valence-electron chi connectivity index (χ2n) is 2.65. The Balaban J connectivity index is 3.05. The molecule has 4 heteroatoms. The quantitative estimate of drug-likeness (QED) is 0.325. The number of hydrogen-bond donors (Lipinski definition) is 0. The van der Waals surface area contributed by atoms with Crippen LogP contribution in [0.15, 0.2) is 30.9 Å². The topological polar surface area (TPSA) is 52.6 Å². The minimum Gasteiger partial charge on any atom is -0.493 e. The van der Waals surface area contributed by atoms with E-state index in [1.807, 2.05) is 0 Å². The summed E-state index contributed by atoms with van der Waals surface area (Å²) in [7, 11) is 1.45. The highest BCUT2D eigenvalue weighted by atomic mass is 16.6. The maximum absolute atomic E-state index is 11.0. The zero-order valence-electron chi connectivity index (χ0n) is 8.23. The molecule has 0 atom stereocenters. The van der Waals surface area contributed by atoms with Gasteiger partial charge in [0.15, 0.2) is 11.5 Å². The first kappa shape index (κ1) is 11.0. The highest BCUT2D eigenvalue weighted by Gasteiger charge is 2.08. The van der Waals surface area contributed by atoms with Gasteiger partial charge in [-0.05, 0) is 18.2 Å². The van der Waals surface area contributed by atoms with Crippen LogP contribution in [0.1, 0.15) is 10.4 Å². The summed E-state index contributed by atoms with van der Waals surface area (Å²) >= 11 is 0. The van der Waals surface area contributed by atoms with E-state index in [9.17, 15) is 9.59 Å². The van der Waals surface area contributed by atoms with Crippen LogP contribution in [0.5, 0.6) is 11.5 Å². The molecule has 0 aliphatic carbocycles. The third-order valence-electron chi connectivity index (χ3n) is 1.70. The number of esters is 1. The molecule has 0 spiro atoms. The fraction of sp³-hybridized carbons (Fsp3) is 0.0909. The molecule has 0 radical (unpaired) electrons. The van der Waals surface area contributed by atoms with E-state index in [-0.39, 0.29) is 5.75 Å². The normalized spacial score (nSPS) is 9.13. The molecule has 0 saturated carbocycles. The summed E-state index contributed by atoms with van der Waals surface area (Å²) in [6.07, 6.45) is 1.69. The van der Waals surface area contributed by atoms with Crippen LogP contribution in [0.3, 0.4) is 0 Å². The Morgan fingerprint density at radius 1 is 1.40 bits per heavy atom. The first-order valence-corrected chi connectivity index (χ1v) is 4.18. The van der Waals surface area contributed by atoms with E-state index in [0.29, 0.717) is 17.6 Å². The van der Waals surface area contributed by atoms with Crippen LogP contribution in [0.2, 0.25) is 0 Å². The van der Waals surface area contributed by atoms with E-state index >= 15 is 0 Å². The molecule has 0 fully saturated rings. The lowest BCUT2D eigenvalue weighted by atomic mass is 10.2. The summed E-state index contributed by atoms with van der Waals surface area (Å²) in [5, 5.41) is 0. The molecule has 0 aliphatic heterocycles. The average Bonchev–Trinajstić information content (AvgIpc) is 2.28. The van der Waals surface area contributed by atoms with Gasteiger partial charge in [-0.3, -0.25) is 4.79 Å². The van der Waals surface area contributed by atoms with E-state index in [2.05, 4.69) is 6.58 Å². The van der Waals surface area contributed by atoms with E-state index in [4.69, 9.17) is 9.47 Å². The van der Waals surface area contributed by atoms with Crippen LogP contribution < -0.4 is 9.47 Å². The monoisotopic (exact) mass is 206 g/mol. The molecule has 0 amide bonds. The Labute approximate surface area is 87.1 Å². The smallest absolute Gasteiger partial charge is 0.335 e. The first-order valence-electron chi connectivity index (χ1n) is 4.18. The van der Waals surface area contributed by atoms with E-state index in [1.165, 1.54) is 13.2 Å². The lowest BCUT2D eigenvalue weighted by Crippen LogP contribution is -2.04. The van der Waals surface area contributed by atoms with Crippen molar-refractivity contribution in [2.75, 3.05) is 7.11 Å². The number of carbonyl (C=O) groups is 2. The predicted octanol–water partition coefficient (Wildman–Crippen LogP) is 1.60. The highest BCUT2D eigenvalue weighted by molar-refractivity contribution is 5.84. The summed E-state index contributed by atoms with van der Waals surface area (Å²) in [6, 6.07) is 4.54. The largest absolute Gasteiger partial charge is 0.493 e. The van der Waals surface area contributed by atoms with Gasteiger partial charge in [-0.1, -0.05) is 6.58 Å². The van der Waals surface area contributed by atoms with Gasteiger partial charge in [-0.2, -0.15) is 0 Å². The third-order valence-corrected chi connectivity index (χ3v) is 1.70. The number of ether oxygens (including phenoxy) is 2. The number of carbonyl (C=O) groups excluding carboxylic acids is 2. The summed E-state index contributed by atoms with van der Waals surface area (Å²) in [5.74, 6) is -0.0147. The van der Waals surface area contributed by atoms with Gasteiger partial charge in [0, 0.05) is 11.6 Å². The fourth-order valence-corrected chi connectivity index (χ4v) is 0.996. The molecule has 0 bridgehead atoms. The number of aldehydes is 1. The molecule has 1 aromatic carbocycles. The summed E-state index contributed by atoms with van der Waals surface area (Å²) < 4.78 is 9.85. The zero-order valence-corrected chi connectivity index (χ0v) is 8.23. The van der Waals surface area contributed by atoms with Crippen molar-refractivity contribution in [2.24, 2.45) is 0 Å². The third kappa shape index (κ3) is 2.67. The van der Waals surface area contributed by atoms with Crippen molar-refractivity contribution in [3.8, 4) is 11.5 Å². The number of methoxy groups -OCH3 is 1. The van der Waals surface area contributed by atoms with Crippen LogP contribution in [0.4, 0.5) is 0 Å². The van der Waals surface area contributed by atoms with Gasteiger partial charge in [0.05, 0.1) is 7.11 Å². The Hall–Kier alpha value is -2.10. The van der Waals surface area contributed by atoms with Crippen LogP contribution in [-0.4, -0.2) is 19.4 Å². The van der Waals surface area contributed by atoms with Crippen LogP contribution in [0.25, 0.3) is 0 Å². The molecule has 0 aromatic heterocycles. The SMILES string of the molecule is C=CC(=O)Oc1cc(C=O)ccc1OC. The summed E-state index contributed by atoms with van der Waals surface area (Å²) in [5.41, 5.74) is 0.405. The van der Waals surface area contributed by atoms with Gasteiger partial charge in [0.1, 0.15) is 6.29 Å². The zero-order chi connectivity index (χ0) is 11.3. The minimum atomic E-state index is -0.601. The van der Waals surface area contributed by atoms with E-state index in [0.717, 1.165) is 6.08 Å². The molecule has 1 rings (SSSR count). The van der Waals surface area contributed by atoms with Crippen molar-refractivity contribution in [3.05, 3.63) is 36.4 Å². The van der Waals surface area contributed by atoms with Gasteiger partial charge < -0.3 is 9.47 Å². The Kier molecular flexibility index (Phi) is 3.62. The molecule has 0 aliphatic rings. The molecule has 0 unspecified atom stereocenters. The molecule has 78 valence electrons. The van der Waals surface area contributed by atoms with E-state index in [1.54, 1.807) is 12.1 Å². The van der Waals surface area contributed by atoms with E-state index < -0.39 is 5.97 Å². The first-order chi connectivity index (χ1) is 7.21. The van der Waals surface area contributed by atoms with Gasteiger partial charge in [0.2, 0.25) is 0 Å². The molecule has 15 heavy (non-hydrogen) atoms. The number of hydrogen-bond acceptors (Lipinski definition) is 4. The maximum Gasteiger partial charge on any atom is 0.335 e. The van der Waals surface area contributed by atoms with Crippen LogP contribution in [0, 0.1) is 0 Å². The molecule has 1 aromatic rings. The van der Waals surface area contributed by atoms with Gasteiger partial charge in [-0.25, -0.2) is 4.79 Å². The fourth-order valence-electron chi connectivity index (χ4n) is 0.996. The molecule has 4 nitrogen and oxygen atoms in total. The van der Waals surface area contributed by atoms with Crippen LogP contribution in [-0.2, 0) is 4.79 Å². The second-order valence-corrected chi connectivity index (χ2v) is 2.65.